The lowest BCUT2D eigenvalue weighted by molar-refractivity contribution is -0.190. The molecule has 0 saturated heterocycles. The minimum atomic E-state index is -4.45. The summed E-state index contributed by atoms with van der Waals surface area (Å²) in [4.78, 5) is 29.7. The van der Waals surface area contributed by atoms with Crippen LogP contribution in [0.15, 0.2) is 23.1 Å². The molecule has 2 N–H and O–H groups in total. The maximum Gasteiger partial charge on any atom is 0.395 e. The normalized spacial score (nSPS) is 19.9. The van der Waals surface area contributed by atoms with E-state index >= 15 is 0 Å². The molecule has 0 aromatic carbocycles. The van der Waals surface area contributed by atoms with Gasteiger partial charge in [0.05, 0.1) is 47.6 Å². The van der Waals surface area contributed by atoms with Crippen molar-refractivity contribution >= 4 is 17.5 Å². The molecule has 6 rings (SSSR count). The summed E-state index contributed by atoms with van der Waals surface area (Å²) >= 11 is 0. The quantitative estimate of drug-likeness (QED) is 0.430. The smallest absolute Gasteiger partial charge is 0.348 e. The summed E-state index contributed by atoms with van der Waals surface area (Å²) in [6.45, 7) is 0.0797. The second kappa shape index (κ2) is 8.50. The van der Waals surface area contributed by atoms with E-state index < -0.39 is 41.3 Å². The van der Waals surface area contributed by atoms with Gasteiger partial charge in [-0.25, -0.2) is 14.1 Å². The number of carbonyl (C=O) groups excluding carboxylic acids is 2. The van der Waals surface area contributed by atoms with Crippen molar-refractivity contribution in [2.75, 3.05) is 0 Å². The number of carbonyl (C=O) groups is 2. The molecule has 3 fully saturated rings. The zero-order valence-corrected chi connectivity index (χ0v) is 20.1. The number of nitrogens with one attached hydrogen (secondary N) is 2. The van der Waals surface area contributed by atoms with Crippen LogP contribution in [0.3, 0.4) is 0 Å². The number of hydrogen-bond donors (Lipinski definition) is 2. The van der Waals surface area contributed by atoms with Crippen LogP contribution in [0, 0.1) is 22.2 Å². The molecule has 2 amide bonds. The second-order valence-electron chi connectivity index (χ2n) is 10.5. The number of halogens is 3. The van der Waals surface area contributed by atoms with Crippen molar-refractivity contribution in [3.05, 3.63) is 41.1 Å². The first kappa shape index (κ1) is 24.3. The van der Waals surface area contributed by atoms with Gasteiger partial charge in [0.1, 0.15) is 5.69 Å². The molecule has 1 unspecified atom stereocenters. The summed E-state index contributed by atoms with van der Waals surface area (Å²) in [5.41, 5.74) is -0.807. The third kappa shape index (κ3) is 4.35. The average Bonchev–Trinajstić information content (AvgIpc) is 3.82. The first-order chi connectivity index (χ1) is 18.1. The van der Waals surface area contributed by atoms with Gasteiger partial charge in [0.25, 0.3) is 5.91 Å². The SMILES string of the molecule is N#CC1(C(NC(=O)CC2(C(F)(F)F)CC2)c2cnn3cc(CNC(=O)c4nonc4C4CC4)nc3c2)CC1. The number of fused-ring (bicyclic) bond motifs is 1. The molecule has 38 heavy (non-hydrogen) atoms. The van der Waals surface area contributed by atoms with E-state index in [1.807, 2.05) is 0 Å². The Bertz CT molecular complexity index is 1460. The van der Waals surface area contributed by atoms with Gasteiger partial charge in [-0.15, -0.1) is 0 Å². The van der Waals surface area contributed by atoms with Gasteiger partial charge in [-0.05, 0) is 55.3 Å². The van der Waals surface area contributed by atoms with E-state index in [0.29, 0.717) is 35.4 Å². The van der Waals surface area contributed by atoms with Crippen LogP contribution in [0.25, 0.3) is 5.65 Å². The Kier molecular flexibility index (Phi) is 5.44. The van der Waals surface area contributed by atoms with Gasteiger partial charge in [-0.1, -0.05) is 5.16 Å². The van der Waals surface area contributed by atoms with Crippen molar-refractivity contribution in [2.24, 2.45) is 10.8 Å². The van der Waals surface area contributed by atoms with Crippen LogP contribution >= 0.6 is 0 Å². The average molecular weight is 528 g/mol. The molecule has 3 saturated carbocycles. The van der Waals surface area contributed by atoms with Crippen molar-refractivity contribution in [1.29, 1.82) is 5.26 Å². The predicted octanol–water partition coefficient (Wildman–Crippen LogP) is 3.11. The van der Waals surface area contributed by atoms with Crippen LogP contribution in [0.5, 0.6) is 0 Å². The van der Waals surface area contributed by atoms with Gasteiger partial charge < -0.3 is 10.6 Å². The molecular weight excluding hydrogens is 505 g/mol. The van der Waals surface area contributed by atoms with Gasteiger partial charge in [0.2, 0.25) is 5.91 Å². The van der Waals surface area contributed by atoms with Crippen LogP contribution in [0.4, 0.5) is 13.2 Å². The lowest BCUT2D eigenvalue weighted by Gasteiger charge is -2.25. The third-order valence-electron chi connectivity index (χ3n) is 7.67. The summed E-state index contributed by atoms with van der Waals surface area (Å²) in [7, 11) is 0. The third-order valence-corrected chi connectivity index (χ3v) is 7.67. The zero-order valence-electron chi connectivity index (χ0n) is 20.1. The monoisotopic (exact) mass is 528 g/mol. The molecule has 3 aromatic rings. The zero-order chi connectivity index (χ0) is 26.7. The molecule has 0 radical (unpaired) electrons. The Morgan fingerprint density at radius 1 is 1.24 bits per heavy atom. The molecular formula is C24H23F3N8O3. The fraction of sp³-hybridized carbons (Fsp3) is 0.542. The second-order valence-corrected chi connectivity index (χ2v) is 10.5. The maximum atomic E-state index is 13.4. The largest absolute Gasteiger partial charge is 0.395 e. The number of imidazole rings is 1. The Labute approximate surface area is 213 Å². The molecule has 3 aliphatic rings. The highest BCUT2D eigenvalue weighted by atomic mass is 19.4. The van der Waals surface area contributed by atoms with E-state index in [0.717, 1.165) is 12.8 Å². The molecule has 3 heterocycles. The first-order valence-corrected chi connectivity index (χ1v) is 12.4. The molecule has 198 valence electrons. The summed E-state index contributed by atoms with van der Waals surface area (Å²) in [6, 6.07) is 3.05. The van der Waals surface area contributed by atoms with Crippen molar-refractivity contribution in [2.45, 2.75) is 69.6 Å². The number of hydrogen-bond acceptors (Lipinski definition) is 8. The van der Waals surface area contributed by atoms with Crippen LogP contribution in [-0.2, 0) is 11.3 Å². The fourth-order valence-electron chi connectivity index (χ4n) is 4.79. The number of nitriles is 1. The van der Waals surface area contributed by atoms with E-state index in [1.54, 1.807) is 12.3 Å². The Hall–Kier alpha value is -4.02. The minimum absolute atomic E-state index is 0.0754. The molecule has 0 bridgehead atoms. The minimum Gasteiger partial charge on any atom is -0.348 e. The van der Waals surface area contributed by atoms with E-state index in [9.17, 15) is 28.0 Å². The Morgan fingerprint density at radius 2 is 2.00 bits per heavy atom. The van der Waals surface area contributed by atoms with Gasteiger partial charge >= 0.3 is 6.18 Å². The van der Waals surface area contributed by atoms with Crippen LogP contribution in [0.2, 0.25) is 0 Å². The van der Waals surface area contributed by atoms with E-state index in [1.165, 1.54) is 10.7 Å². The van der Waals surface area contributed by atoms with Gasteiger partial charge in [0, 0.05) is 12.3 Å². The number of amides is 2. The highest BCUT2D eigenvalue weighted by Gasteiger charge is 2.64. The van der Waals surface area contributed by atoms with Crippen LogP contribution < -0.4 is 10.6 Å². The molecule has 3 aliphatic carbocycles. The number of alkyl halides is 3. The van der Waals surface area contributed by atoms with Crippen LogP contribution in [0.1, 0.15) is 84.3 Å². The van der Waals surface area contributed by atoms with Crippen molar-refractivity contribution in [3.63, 3.8) is 0 Å². The first-order valence-electron chi connectivity index (χ1n) is 12.4. The number of rotatable bonds is 9. The number of nitrogens with zero attached hydrogens (tertiary/aromatic N) is 6. The lowest BCUT2D eigenvalue weighted by Crippen LogP contribution is -2.38. The summed E-state index contributed by atoms with van der Waals surface area (Å²) in [5, 5.41) is 27.0. The van der Waals surface area contributed by atoms with Crippen molar-refractivity contribution in [1.82, 2.24) is 35.5 Å². The fourth-order valence-corrected chi connectivity index (χ4v) is 4.79. The molecule has 1 atom stereocenters. The molecule has 11 nitrogen and oxygen atoms in total. The molecule has 0 aliphatic heterocycles. The topological polar surface area (TPSA) is 151 Å². The van der Waals surface area contributed by atoms with Crippen molar-refractivity contribution < 1.29 is 27.4 Å². The summed E-state index contributed by atoms with van der Waals surface area (Å²) in [5.74, 6) is -0.982. The van der Waals surface area contributed by atoms with Gasteiger partial charge in [-0.2, -0.15) is 23.5 Å². The summed E-state index contributed by atoms with van der Waals surface area (Å²) in [6.07, 6.45) is 0.720. The maximum absolute atomic E-state index is 13.4. The van der Waals surface area contributed by atoms with Crippen molar-refractivity contribution in [3.8, 4) is 6.07 Å². The van der Waals surface area contributed by atoms with Gasteiger partial charge in [0.15, 0.2) is 11.3 Å². The van der Waals surface area contributed by atoms with E-state index in [2.05, 4.69) is 37.1 Å². The predicted molar refractivity (Wildman–Crippen MR) is 121 cm³/mol. The van der Waals surface area contributed by atoms with E-state index in [-0.39, 0.29) is 31.0 Å². The highest BCUT2D eigenvalue weighted by molar-refractivity contribution is 5.93. The lowest BCUT2D eigenvalue weighted by atomic mass is 9.91. The standard InChI is InChI=1S/C24H23F3N8O3/c25-24(26,27)23(5-6-23)8-17(36)32-20(22(12-28)3-4-22)14-7-16-31-15(11-35(16)30-9-14)10-29-21(37)19-18(13-1-2-13)33-38-34-19/h7,9,11,13,20H,1-6,8,10H2,(H,29,37)(H,32,36). The highest BCUT2D eigenvalue weighted by Crippen LogP contribution is 2.60. The van der Waals surface area contributed by atoms with Gasteiger partial charge in [-0.3, -0.25) is 9.59 Å². The number of aromatic nitrogens is 5. The summed E-state index contributed by atoms with van der Waals surface area (Å²) < 4.78 is 46.3. The Balaban J connectivity index is 1.18. The molecule has 0 spiro atoms. The Morgan fingerprint density at radius 3 is 2.63 bits per heavy atom. The van der Waals surface area contributed by atoms with E-state index in [4.69, 9.17) is 4.63 Å². The molecule has 14 heteroatoms. The van der Waals surface area contributed by atoms with Crippen LogP contribution in [-0.4, -0.2) is 42.9 Å². The molecule has 3 aromatic heterocycles.